The Morgan fingerprint density at radius 2 is 1.44 bits per heavy atom. The zero-order valence-corrected chi connectivity index (χ0v) is 9.89. The van der Waals surface area contributed by atoms with Gasteiger partial charge >= 0.3 is 0 Å². The second-order valence-corrected chi connectivity index (χ2v) is 4.25. The van der Waals surface area contributed by atoms with Gasteiger partial charge in [0.05, 0.1) is 11.4 Å². The fraction of sp³-hybridized carbons (Fsp3) is 0. The summed E-state index contributed by atoms with van der Waals surface area (Å²) in [6.45, 7) is 0. The Balaban J connectivity index is 2.63. The molecule has 0 aliphatic carbocycles. The number of hydrogen-bond donors (Lipinski definition) is 2. The van der Waals surface area contributed by atoms with Crippen LogP contribution in [0.25, 0.3) is 11.1 Å². The van der Waals surface area contributed by atoms with Gasteiger partial charge in [-0.3, -0.25) is 0 Å². The zero-order chi connectivity index (χ0) is 11.7. The maximum atomic E-state index is 6.10. The molecular formula is C12H10Cl2N2. The number of benzene rings is 2. The second kappa shape index (κ2) is 4.24. The third-order valence-electron chi connectivity index (χ3n) is 2.34. The lowest BCUT2D eigenvalue weighted by atomic mass is 10.0. The number of nitrogens with two attached hydrogens (primary N) is 2. The SMILES string of the molecule is Nc1ccc(-c2c(Cl)cccc2Cl)cc1N. The number of nitrogen functional groups attached to an aromatic ring is 2. The van der Waals surface area contributed by atoms with E-state index in [1.165, 1.54) is 0 Å². The minimum Gasteiger partial charge on any atom is -0.397 e. The van der Waals surface area contributed by atoms with Crippen LogP contribution in [0.15, 0.2) is 36.4 Å². The van der Waals surface area contributed by atoms with Gasteiger partial charge in [-0.05, 0) is 29.8 Å². The first-order chi connectivity index (χ1) is 7.59. The van der Waals surface area contributed by atoms with E-state index in [-0.39, 0.29) is 0 Å². The van der Waals surface area contributed by atoms with E-state index >= 15 is 0 Å². The summed E-state index contributed by atoms with van der Waals surface area (Å²) >= 11 is 12.2. The van der Waals surface area contributed by atoms with Gasteiger partial charge in [0, 0.05) is 15.6 Å². The maximum Gasteiger partial charge on any atom is 0.0554 e. The van der Waals surface area contributed by atoms with Crippen LogP contribution >= 0.6 is 23.2 Å². The Morgan fingerprint density at radius 1 is 0.812 bits per heavy atom. The third kappa shape index (κ3) is 1.94. The van der Waals surface area contributed by atoms with Gasteiger partial charge in [-0.25, -0.2) is 0 Å². The molecule has 0 radical (unpaired) electrons. The molecule has 0 aliphatic rings. The van der Waals surface area contributed by atoms with Crippen molar-refractivity contribution >= 4 is 34.6 Å². The molecule has 16 heavy (non-hydrogen) atoms. The molecule has 0 fully saturated rings. The summed E-state index contributed by atoms with van der Waals surface area (Å²) in [7, 11) is 0. The van der Waals surface area contributed by atoms with Crippen LogP contribution in [0.4, 0.5) is 11.4 Å². The maximum absolute atomic E-state index is 6.10. The van der Waals surface area contributed by atoms with E-state index in [1.54, 1.807) is 30.3 Å². The summed E-state index contributed by atoms with van der Waals surface area (Å²) in [5.41, 5.74) is 14.1. The first kappa shape index (κ1) is 11.1. The van der Waals surface area contributed by atoms with E-state index in [1.807, 2.05) is 6.07 Å². The Morgan fingerprint density at radius 3 is 2.00 bits per heavy atom. The molecule has 0 aliphatic heterocycles. The van der Waals surface area contributed by atoms with E-state index in [4.69, 9.17) is 34.7 Å². The van der Waals surface area contributed by atoms with Gasteiger partial charge in [-0.15, -0.1) is 0 Å². The van der Waals surface area contributed by atoms with Gasteiger partial charge in [-0.2, -0.15) is 0 Å². The summed E-state index contributed by atoms with van der Waals surface area (Å²) in [6.07, 6.45) is 0. The van der Waals surface area contributed by atoms with Gasteiger partial charge in [-0.1, -0.05) is 35.3 Å². The molecule has 2 rings (SSSR count). The number of halogens is 2. The normalized spacial score (nSPS) is 10.4. The predicted octanol–water partition coefficient (Wildman–Crippen LogP) is 3.82. The van der Waals surface area contributed by atoms with Gasteiger partial charge in [0.1, 0.15) is 0 Å². The van der Waals surface area contributed by atoms with E-state index in [0.717, 1.165) is 11.1 Å². The monoisotopic (exact) mass is 252 g/mol. The fourth-order valence-electron chi connectivity index (χ4n) is 1.50. The number of anilines is 2. The van der Waals surface area contributed by atoms with Crippen molar-refractivity contribution in [2.24, 2.45) is 0 Å². The molecule has 0 aromatic heterocycles. The van der Waals surface area contributed by atoms with Gasteiger partial charge in [0.2, 0.25) is 0 Å². The summed E-state index contributed by atoms with van der Waals surface area (Å²) in [4.78, 5) is 0. The van der Waals surface area contributed by atoms with Crippen molar-refractivity contribution in [2.45, 2.75) is 0 Å². The summed E-state index contributed by atoms with van der Waals surface area (Å²) in [6, 6.07) is 10.7. The van der Waals surface area contributed by atoms with E-state index in [9.17, 15) is 0 Å². The Hall–Kier alpha value is -1.38. The number of hydrogen-bond acceptors (Lipinski definition) is 2. The van der Waals surface area contributed by atoms with Crippen LogP contribution in [0.1, 0.15) is 0 Å². The lowest BCUT2D eigenvalue weighted by molar-refractivity contribution is 1.60. The minimum atomic E-state index is 0.522. The summed E-state index contributed by atoms with van der Waals surface area (Å²) in [5, 5.41) is 1.19. The van der Waals surface area contributed by atoms with Crippen molar-refractivity contribution < 1.29 is 0 Å². The average molecular weight is 253 g/mol. The van der Waals surface area contributed by atoms with Crippen LogP contribution in [0.5, 0.6) is 0 Å². The predicted molar refractivity (Wildman–Crippen MR) is 70.7 cm³/mol. The molecule has 0 saturated heterocycles. The standard InChI is InChI=1S/C12H10Cl2N2/c13-8-2-1-3-9(14)12(8)7-4-5-10(15)11(16)6-7/h1-6H,15-16H2. The molecule has 2 nitrogen and oxygen atoms in total. The highest BCUT2D eigenvalue weighted by Gasteiger charge is 2.08. The molecule has 0 amide bonds. The first-order valence-electron chi connectivity index (χ1n) is 4.69. The van der Waals surface area contributed by atoms with Crippen LogP contribution in [0.3, 0.4) is 0 Å². The fourth-order valence-corrected chi connectivity index (χ4v) is 2.12. The van der Waals surface area contributed by atoms with Gasteiger partial charge in [0.15, 0.2) is 0 Å². The molecule has 82 valence electrons. The molecule has 0 unspecified atom stereocenters. The van der Waals surface area contributed by atoms with Crippen molar-refractivity contribution in [1.82, 2.24) is 0 Å². The molecule has 0 heterocycles. The zero-order valence-electron chi connectivity index (χ0n) is 8.37. The molecule has 0 atom stereocenters. The smallest absolute Gasteiger partial charge is 0.0554 e. The summed E-state index contributed by atoms with van der Waals surface area (Å²) in [5.74, 6) is 0. The molecule has 4 N–H and O–H groups in total. The molecule has 2 aromatic carbocycles. The Bertz CT molecular complexity index is 518. The molecule has 4 heteroatoms. The lowest BCUT2D eigenvalue weighted by Crippen LogP contribution is -1.94. The molecule has 0 saturated carbocycles. The highest BCUT2D eigenvalue weighted by molar-refractivity contribution is 6.39. The Kier molecular flexibility index (Phi) is 2.95. The molecular weight excluding hydrogens is 243 g/mol. The highest BCUT2D eigenvalue weighted by atomic mass is 35.5. The summed E-state index contributed by atoms with van der Waals surface area (Å²) < 4.78 is 0. The Labute approximate surface area is 104 Å². The van der Waals surface area contributed by atoms with E-state index < -0.39 is 0 Å². The van der Waals surface area contributed by atoms with E-state index in [0.29, 0.717) is 21.4 Å². The van der Waals surface area contributed by atoms with Crippen molar-refractivity contribution in [3.05, 3.63) is 46.4 Å². The van der Waals surface area contributed by atoms with Crippen LogP contribution in [-0.2, 0) is 0 Å². The van der Waals surface area contributed by atoms with Gasteiger partial charge in [0.25, 0.3) is 0 Å². The lowest BCUT2D eigenvalue weighted by Gasteiger charge is -2.08. The van der Waals surface area contributed by atoms with Gasteiger partial charge < -0.3 is 11.5 Å². The third-order valence-corrected chi connectivity index (χ3v) is 2.97. The van der Waals surface area contributed by atoms with Crippen molar-refractivity contribution in [3.8, 4) is 11.1 Å². The number of rotatable bonds is 1. The quantitative estimate of drug-likeness (QED) is 0.759. The van der Waals surface area contributed by atoms with Crippen molar-refractivity contribution in [3.63, 3.8) is 0 Å². The van der Waals surface area contributed by atoms with Crippen LogP contribution < -0.4 is 11.5 Å². The van der Waals surface area contributed by atoms with Crippen LogP contribution in [0, 0.1) is 0 Å². The van der Waals surface area contributed by atoms with Crippen LogP contribution in [-0.4, -0.2) is 0 Å². The molecule has 2 aromatic rings. The van der Waals surface area contributed by atoms with E-state index in [2.05, 4.69) is 0 Å². The average Bonchev–Trinajstić information content (AvgIpc) is 2.23. The first-order valence-corrected chi connectivity index (χ1v) is 5.44. The molecule has 0 bridgehead atoms. The van der Waals surface area contributed by atoms with Crippen molar-refractivity contribution in [2.75, 3.05) is 11.5 Å². The molecule has 0 spiro atoms. The largest absolute Gasteiger partial charge is 0.397 e. The van der Waals surface area contributed by atoms with Crippen molar-refractivity contribution in [1.29, 1.82) is 0 Å². The highest BCUT2D eigenvalue weighted by Crippen LogP contribution is 2.36. The van der Waals surface area contributed by atoms with Crippen LogP contribution in [0.2, 0.25) is 10.0 Å². The minimum absolute atomic E-state index is 0.522. The topological polar surface area (TPSA) is 52.0 Å². The second-order valence-electron chi connectivity index (χ2n) is 3.44.